The van der Waals surface area contributed by atoms with Crippen LogP contribution in [-0.2, 0) is 6.42 Å². The maximum Gasteiger partial charge on any atom is 0.125 e. The van der Waals surface area contributed by atoms with Gasteiger partial charge in [0.25, 0.3) is 0 Å². The minimum Gasteiger partial charge on any atom is -0.493 e. The first-order chi connectivity index (χ1) is 8.99. The van der Waals surface area contributed by atoms with Crippen LogP contribution < -0.4 is 4.74 Å². The van der Waals surface area contributed by atoms with Crippen LogP contribution in [0.5, 0.6) is 5.75 Å². The zero-order valence-corrected chi connectivity index (χ0v) is 12.4. The first-order valence-electron chi connectivity index (χ1n) is 7.08. The summed E-state index contributed by atoms with van der Waals surface area (Å²) in [6.45, 7) is 8.58. The van der Waals surface area contributed by atoms with Crippen molar-refractivity contribution in [1.29, 1.82) is 0 Å². The second kappa shape index (κ2) is 7.51. The average Bonchev–Trinajstić information content (AvgIpc) is 2.38. The molecule has 0 saturated heterocycles. The monoisotopic (exact) mass is 266 g/mol. The summed E-state index contributed by atoms with van der Waals surface area (Å²) in [5, 5.41) is 19.5. The summed E-state index contributed by atoms with van der Waals surface area (Å²) in [4.78, 5) is 0. The molecule has 2 atom stereocenters. The van der Waals surface area contributed by atoms with Crippen LogP contribution in [0.4, 0.5) is 0 Å². The van der Waals surface area contributed by atoms with Gasteiger partial charge in [0, 0.05) is 0 Å². The summed E-state index contributed by atoms with van der Waals surface area (Å²) in [5.74, 6) is 0.922. The quantitative estimate of drug-likeness (QED) is 0.798. The van der Waals surface area contributed by atoms with Crippen molar-refractivity contribution >= 4 is 0 Å². The van der Waals surface area contributed by atoms with Crippen molar-refractivity contribution < 1.29 is 14.9 Å². The molecule has 1 rings (SSSR count). The topological polar surface area (TPSA) is 49.7 Å². The zero-order chi connectivity index (χ0) is 14.4. The van der Waals surface area contributed by atoms with Crippen molar-refractivity contribution in [1.82, 2.24) is 0 Å². The highest BCUT2D eigenvalue weighted by Crippen LogP contribution is 2.27. The van der Waals surface area contributed by atoms with Crippen LogP contribution in [0.15, 0.2) is 12.1 Å². The molecule has 3 nitrogen and oxygen atoms in total. The van der Waals surface area contributed by atoms with E-state index in [1.165, 1.54) is 5.56 Å². The van der Waals surface area contributed by atoms with E-state index in [1.807, 2.05) is 20.8 Å². The summed E-state index contributed by atoms with van der Waals surface area (Å²) >= 11 is 0. The first-order valence-corrected chi connectivity index (χ1v) is 7.08. The van der Waals surface area contributed by atoms with Crippen LogP contribution in [0, 0.1) is 13.8 Å². The number of hydrogen-bond donors (Lipinski definition) is 2. The van der Waals surface area contributed by atoms with Crippen molar-refractivity contribution in [2.24, 2.45) is 0 Å². The van der Waals surface area contributed by atoms with E-state index in [0.29, 0.717) is 19.4 Å². The van der Waals surface area contributed by atoms with E-state index in [9.17, 15) is 10.2 Å². The Kier molecular flexibility index (Phi) is 6.32. The van der Waals surface area contributed by atoms with Gasteiger partial charge < -0.3 is 14.9 Å². The maximum atomic E-state index is 9.85. The molecule has 3 heteroatoms. The van der Waals surface area contributed by atoms with Crippen LogP contribution in [0.25, 0.3) is 0 Å². The van der Waals surface area contributed by atoms with Gasteiger partial charge in [-0.3, -0.25) is 0 Å². The van der Waals surface area contributed by atoms with Crippen molar-refractivity contribution in [3.8, 4) is 5.75 Å². The number of benzene rings is 1. The van der Waals surface area contributed by atoms with Crippen molar-refractivity contribution in [2.45, 2.75) is 59.2 Å². The van der Waals surface area contributed by atoms with Gasteiger partial charge in [-0.2, -0.15) is 0 Å². The maximum absolute atomic E-state index is 9.85. The molecule has 0 fully saturated rings. The van der Waals surface area contributed by atoms with E-state index in [0.717, 1.165) is 23.3 Å². The largest absolute Gasteiger partial charge is 0.493 e. The Morgan fingerprint density at radius 2 is 1.79 bits per heavy atom. The van der Waals surface area contributed by atoms with Gasteiger partial charge in [-0.25, -0.2) is 0 Å². The second-order valence-corrected chi connectivity index (χ2v) is 5.08. The van der Waals surface area contributed by atoms with Crippen LogP contribution in [0.2, 0.25) is 0 Å². The lowest BCUT2D eigenvalue weighted by molar-refractivity contribution is 0.0130. The van der Waals surface area contributed by atoms with E-state index >= 15 is 0 Å². The number of hydrogen-bond acceptors (Lipinski definition) is 3. The smallest absolute Gasteiger partial charge is 0.125 e. The van der Waals surface area contributed by atoms with Crippen LogP contribution in [-0.4, -0.2) is 29.0 Å². The molecule has 0 aromatic heterocycles. The highest BCUT2D eigenvalue weighted by atomic mass is 16.5. The molecule has 1 aromatic rings. The Hall–Kier alpha value is -1.06. The highest BCUT2D eigenvalue weighted by molar-refractivity contribution is 5.44. The molecule has 19 heavy (non-hydrogen) atoms. The first kappa shape index (κ1) is 16.0. The van der Waals surface area contributed by atoms with E-state index in [-0.39, 0.29) is 0 Å². The molecule has 108 valence electrons. The molecule has 0 heterocycles. The van der Waals surface area contributed by atoms with Crippen LogP contribution >= 0.6 is 0 Å². The fourth-order valence-electron chi connectivity index (χ4n) is 2.35. The van der Waals surface area contributed by atoms with Gasteiger partial charge in [0.05, 0.1) is 18.8 Å². The van der Waals surface area contributed by atoms with Crippen molar-refractivity contribution in [2.75, 3.05) is 6.61 Å². The van der Waals surface area contributed by atoms with Crippen LogP contribution in [0.3, 0.4) is 0 Å². The van der Waals surface area contributed by atoms with Gasteiger partial charge >= 0.3 is 0 Å². The standard InChI is InChI=1S/C16H26O3/c1-5-14(17)15(18)8-7-13-10-11(3)9-12(4)16(13)19-6-2/h9-10,14-15,17-18H,5-8H2,1-4H3. The van der Waals surface area contributed by atoms with E-state index in [4.69, 9.17) is 4.74 Å². The third kappa shape index (κ3) is 4.51. The summed E-state index contributed by atoms with van der Waals surface area (Å²) in [6.07, 6.45) is 0.544. The summed E-state index contributed by atoms with van der Waals surface area (Å²) in [5.41, 5.74) is 3.44. The van der Waals surface area contributed by atoms with Crippen molar-refractivity contribution in [3.63, 3.8) is 0 Å². The molecule has 0 aliphatic carbocycles. The third-order valence-electron chi connectivity index (χ3n) is 3.36. The number of aliphatic hydroxyl groups excluding tert-OH is 2. The Morgan fingerprint density at radius 3 is 2.37 bits per heavy atom. The lowest BCUT2D eigenvalue weighted by Gasteiger charge is -2.18. The molecule has 1 aromatic carbocycles. The van der Waals surface area contributed by atoms with Gasteiger partial charge in [0.1, 0.15) is 5.75 Å². The van der Waals surface area contributed by atoms with Gasteiger partial charge in [-0.15, -0.1) is 0 Å². The van der Waals surface area contributed by atoms with E-state index in [2.05, 4.69) is 19.1 Å². The van der Waals surface area contributed by atoms with Crippen molar-refractivity contribution in [3.05, 3.63) is 28.8 Å². The predicted molar refractivity (Wildman–Crippen MR) is 77.7 cm³/mol. The zero-order valence-electron chi connectivity index (χ0n) is 12.4. The fourth-order valence-corrected chi connectivity index (χ4v) is 2.35. The lowest BCUT2D eigenvalue weighted by Crippen LogP contribution is -2.25. The molecule has 0 radical (unpaired) electrons. The van der Waals surface area contributed by atoms with Gasteiger partial charge in [-0.1, -0.05) is 24.6 Å². The SMILES string of the molecule is CCOc1c(C)cc(C)cc1CCC(O)C(O)CC. The normalized spacial score (nSPS) is 14.2. The molecular weight excluding hydrogens is 240 g/mol. The second-order valence-electron chi connectivity index (χ2n) is 5.08. The third-order valence-corrected chi connectivity index (χ3v) is 3.36. The van der Waals surface area contributed by atoms with Gasteiger partial charge in [-0.05, 0) is 51.2 Å². The molecule has 0 spiro atoms. The summed E-state index contributed by atoms with van der Waals surface area (Å²) < 4.78 is 5.70. The molecule has 0 aliphatic rings. The number of ether oxygens (including phenoxy) is 1. The Morgan fingerprint density at radius 1 is 1.11 bits per heavy atom. The van der Waals surface area contributed by atoms with E-state index < -0.39 is 12.2 Å². The fraction of sp³-hybridized carbons (Fsp3) is 0.625. The molecule has 0 amide bonds. The van der Waals surface area contributed by atoms with Gasteiger partial charge in [0.2, 0.25) is 0 Å². The molecule has 2 unspecified atom stereocenters. The minimum atomic E-state index is -0.666. The number of aliphatic hydroxyl groups is 2. The Balaban J connectivity index is 2.81. The van der Waals surface area contributed by atoms with E-state index in [1.54, 1.807) is 0 Å². The van der Waals surface area contributed by atoms with Gasteiger partial charge in [0.15, 0.2) is 0 Å². The van der Waals surface area contributed by atoms with Crippen LogP contribution in [0.1, 0.15) is 43.4 Å². The summed E-state index contributed by atoms with van der Waals surface area (Å²) in [6, 6.07) is 4.20. The number of aryl methyl sites for hydroxylation is 3. The average molecular weight is 266 g/mol. The molecule has 0 saturated carbocycles. The Labute approximate surface area is 116 Å². The molecule has 0 bridgehead atoms. The summed E-state index contributed by atoms with van der Waals surface area (Å²) in [7, 11) is 0. The number of rotatable bonds is 7. The molecule has 0 aliphatic heterocycles. The minimum absolute atomic E-state index is 0.554. The molecule has 2 N–H and O–H groups in total. The molecular formula is C16H26O3. The highest BCUT2D eigenvalue weighted by Gasteiger charge is 2.16. The Bertz CT molecular complexity index is 401. The predicted octanol–water partition coefficient (Wildman–Crippen LogP) is 2.77. The lowest BCUT2D eigenvalue weighted by atomic mass is 9.98.